The summed E-state index contributed by atoms with van der Waals surface area (Å²) in [6.45, 7) is 2.70. The maximum Gasteiger partial charge on any atom is 0.242 e. The van der Waals surface area contributed by atoms with Crippen molar-refractivity contribution in [1.29, 1.82) is 0 Å². The van der Waals surface area contributed by atoms with Gasteiger partial charge in [-0.2, -0.15) is 0 Å². The van der Waals surface area contributed by atoms with Gasteiger partial charge in [0.2, 0.25) is 10.0 Å². The van der Waals surface area contributed by atoms with Crippen molar-refractivity contribution < 1.29 is 13.2 Å². The summed E-state index contributed by atoms with van der Waals surface area (Å²) in [7, 11) is -3.69. The van der Waals surface area contributed by atoms with Gasteiger partial charge in [0, 0.05) is 24.2 Å². The Morgan fingerprint density at radius 1 is 1.33 bits per heavy atom. The fraction of sp³-hybridized carbons (Fsp3) is 0.538. The molecule has 2 rings (SSSR count). The van der Waals surface area contributed by atoms with Crippen LogP contribution in [0.25, 0.3) is 0 Å². The van der Waals surface area contributed by atoms with Crippen molar-refractivity contribution in [1.82, 2.24) is 4.72 Å². The highest BCUT2D eigenvalue weighted by molar-refractivity contribution is 7.89. The van der Waals surface area contributed by atoms with E-state index in [0.717, 1.165) is 0 Å². The van der Waals surface area contributed by atoms with Crippen LogP contribution in [0.2, 0.25) is 10.0 Å². The fourth-order valence-corrected chi connectivity index (χ4v) is 4.39. The van der Waals surface area contributed by atoms with Gasteiger partial charge in [-0.3, -0.25) is 0 Å². The first-order valence-electron chi connectivity index (χ1n) is 6.69. The van der Waals surface area contributed by atoms with Gasteiger partial charge in [0.25, 0.3) is 0 Å². The average Bonchev–Trinajstić information content (AvgIpc) is 2.36. The quantitative estimate of drug-likeness (QED) is 0.822. The molecule has 0 saturated heterocycles. The highest BCUT2D eigenvalue weighted by atomic mass is 35.5. The Kier molecular flexibility index (Phi) is 5.51. The van der Waals surface area contributed by atoms with Crippen LogP contribution in [0.3, 0.4) is 0 Å². The van der Waals surface area contributed by atoms with Crippen LogP contribution >= 0.6 is 23.2 Å². The van der Waals surface area contributed by atoms with E-state index in [9.17, 15) is 8.42 Å². The highest BCUT2D eigenvalue weighted by Gasteiger charge is 2.33. The van der Waals surface area contributed by atoms with Gasteiger partial charge in [0.1, 0.15) is 4.90 Å². The molecule has 0 heterocycles. The number of rotatable bonds is 6. The number of nitrogens with two attached hydrogens (primary N) is 1. The Morgan fingerprint density at radius 3 is 2.57 bits per heavy atom. The first-order valence-corrected chi connectivity index (χ1v) is 8.93. The van der Waals surface area contributed by atoms with Gasteiger partial charge >= 0.3 is 0 Å². The number of ether oxygens (including phenoxy) is 1. The van der Waals surface area contributed by atoms with Gasteiger partial charge in [-0.05, 0) is 37.5 Å². The number of sulfonamides is 1. The summed E-state index contributed by atoms with van der Waals surface area (Å²) in [6, 6.07) is 2.70. The molecule has 1 aliphatic rings. The molecule has 0 bridgehead atoms. The lowest BCUT2D eigenvalue weighted by atomic mass is 9.90. The number of nitrogens with one attached hydrogen (secondary N) is 1. The second-order valence-corrected chi connectivity index (χ2v) is 7.44. The monoisotopic (exact) mass is 352 g/mol. The third-order valence-corrected chi connectivity index (χ3v) is 5.77. The normalized spacial score (nSPS) is 22.1. The van der Waals surface area contributed by atoms with Crippen LogP contribution < -0.4 is 10.5 Å². The largest absolute Gasteiger partial charge is 0.378 e. The minimum atomic E-state index is -3.69. The number of hydrogen-bond acceptors (Lipinski definition) is 4. The molecular weight excluding hydrogens is 335 g/mol. The van der Waals surface area contributed by atoms with Crippen molar-refractivity contribution >= 4 is 33.2 Å². The second kappa shape index (κ2) is 6.81. The highest BCUT2D eigenvalue weighted by Crippen LogP contribution is 2.30. The van der Waals surface area contributed by atoms with E-state index in [1.54, 1.807) is 0 Å². The van der Waals surface area contributed by atoms with E-state index in [1.807, 2.05) is 6.92 Å². The Bertz CT molecular complexity index is 616. The SMILES string of the molecule is CCOC1CC(NS(=O)(=O)c2cc(CN)c(Cl)cc2Cl)C1. The standard InChI is InChI=1S/C13H18Cl2N2O3S/c1-2-20-10-4-9(5-10)17-21(18,19)13-3-8(7-16)11(14)6-12(13)15/h3,6,9-10,17H,2,4-5,7,16H2,1H3. The molecule has 1 aromatic carbocycles. The molecule has 0 spiro atoms. The predicted octanol–water partition coefficient (Wildman–Crippen LogP) is 2.30. The fourth-order valence-electron chi connectivity index (χ4n) is 2.25. The molecule has 0 radical (unpaired) electrons. The zero-order valence-corrected chi connectivity index (χ0v) is 13.9. The van der Waals surface area contributed by atoms with Crippen molar-refractivity contribution in [2.24, 2.45) is 5.73 Å². The van der Waals surface area contributed by atoms with Crippen molar-refractivity contribution in [3.63, 3.8) is 0 Å². The molecule has 0 aromatic heterocycles. The third-order valence-electron chi connectivity index (χ3n) is 3.43. The molecule has 1 fully saturated rings. The summed E-state index contributed by atoms with van der Waals surface area (Å²) >= 11 is 12.0. The Balaban J connectivity index is 2.13. The molecule has 1 aromatic rings. The molecule has 3 N–H and O–H groups in total. The molecule has 8 heteroatoms. The minimum Gasteiger partial charge on any atom is -0.378 e. The van der Waals surface area contributed by atoms with Crippen LogP contribution in [0.5, 0.6) is 0 Å². The summed E-state index contributed by atoms with van der Waals surface area (Å²) in [5, 5.41) is 0.451. The van der Waals surface area contributed by atoms with Crippen LogP contribution in [-0.4, -0.2) is 27.2 Å². The van der Waals surface area contributed by atoms with Crippen LogP contribution in [0.4, 0.5) is 0 Å². The summed E-state index contributed by atoms with van der Waals surface area (Å²) in [6.07, 6.45) is 1.47. The molecule has 0 aliphatic heterocycles. The topological polar surface area (TPSA) is 81.4 Å². The summed E-state index contributed by atoms with van der Waals surface area (Å²) in [5.74, 6) is 0. The Morgan fingerprint density at radius 2 is 2.00 bits per heavy atom. The van der Waals surface area contributed by atoms with E-state index >= 15 is 0 Å². The summed E-state index contributed by atoms with van der Waals surface area (Å²) < 4.78 is 32.8. The molecule has 5 nitrogen and oxygen atoms in total. The maximum absolute atomic E-state index is 12.4. The van der Waals surface area contributed by atoms with Crippen molar-refractivity contribution in [2.45, 2.75) is 43.4 Å². The predicted molar refractivity (Wildman–Crippen MR) is 83.1 cm³/mol. The molecular formula is C13H18Cl2N2O3S. The van der Waals surface area contributed by atoms with E-state index < -0.39 is 10.0 Å². The van der Waals surface area contributed by atoms with Gasteiger partial charge in [0.05, 0.1) is 11.1 Å². The van der Waals surface area contributed by atoms with E-state index in [-0.39, 0.29) is 28.6 Å². The van der Waals surface area contributed by atoms with Crippen molar-refractivity contribution in [2.75, 3.05) is 6.61 Å². The Labute approximate surface area is 134 Å². The number of halogens is 2. The van der Waals surface area contributed by atoms with Crippen LogP contribution in [0.15, 0.2) is 17.0 Å². The van der Waals surface area contributed by atoms with E-state index in [2.05, 4.69) is 4.72 Å². The van der Waals surface area contributed by atoms with E-state index in [0.29, 0.717) is 30.0 Å². The Hall–Kier alpha value is -0.370. The van der Waals surface area contributed by atoms with Crippen LogP contribution in [0.1, 0.15) is 25.3 Å². The molecule has 0 unspecified atom stereocenters. The van der Waals surface area contributed by atoms with Crippen LogP contribution in [0, 0.1) is 0 Å². The third kappa shape index (κ3) is 3.88. The van der Waals surface area contributed by atoms with Gasteiger partial charge < -0.3 is 10.5 Å². The zero-order chi connectivity index (χ0) is 15.6. The molecule has 0 amide bonds. The number of benzene rings is 1. The average molecular weight is 353 g/mol. The van der Waals surface area contributed by atoms with Crippen molar-refractivity contribution in [3.8, 4) is 0 Å². The van der Waals surface area contributed by atoms with E-state index in [1.165, 1.54) is 12.1 Å². The molecule has 118 valence electrons. The van der Waals surface area contributed by atoms with Crippen molar-refractivity contribution in [3.05, 3.63) is 27.7 Å². The zero-order valence-electron chi connectivity index (χ0n) is 11.6. The van der Waals surface area contributed by atoms with Gasteiger partial charge in [-0.15, -0.1) is 0 Å². The lowest BCUT2D eigenvalue weighted by Gasteiger charge is -2.35. The molecule has 0 atom stereocenters. The second-order valence-electron chi connectivity index (χ2n) is 4.95. The van der Waals surface area contributed by atoms with Gasteiger partial charge in [0.15, 0.2) is 0 Å². The molecule has 1 saturated carbocycles. The van der Waals surface area contributed by atoms with Gasteiger partial charge in [-0.1, -0.05) is 23.2 Å². The first-order chi connectivity index (χ1) is 9.87. The lowest BCUT2D eigenvalue weighted by Crippen LogP contribution is -2.47. The number of hydrogen-bond donors (Lipinski definition) is 2. The summed E-state index contributed by atoms with van der Waals surface area (Å²) in [4.78, 5) is 0.00822. The minimum absolute atomic E-state index is 0.00822. The maximum atomic E-state index is 12.4. The summed E-state index contributed by atoms with van der Waals surface area (Å²) in [5.41, 5.74) is 6.09. The lowest BCUT2D eigenvalue weighted by molar-refractivity contribution is -0.00475. The van der Waals surface area contributed by atoms with Crippen LogP contribution in [-0.2, 0) is 21.3 Å². The molecule has 1 aliphatic carbocycles. The first kappa shape index (κ1) is 17.0. The van der Waals surface area contributed by atoms with Gasteiger partial charge in [-0.25, -0.2) is 13.1 Å². The van der Waals surface area contributed by atoms with E-state index in [4.69, 9.17) is 33.7 Å². The molecule has 21 heavy (non-hydrogen) atoms. The smallest absolute Gasteiger partial charge is 0.242 e.